The summed E-state index contributed by atoms with van der Waals surface area (Å²) in [7, 11) is -4.37. The second-order valence-electron chi connectivity index (χ2n) is 15.9. The van der Waals surface area contributed by atoms with Gasteiger partial charge < -0.3 is 14.8 Å². The number of halogens is 3. The van der Waals surface area contributed by atoms with Crippen molar-refractivity contribution in [3.8, 4) is 11.1 Å². The number of piperazine rings is 1. The number of fused-ring (bicyclic) bond motifs is 2. The van der Waals surface area contributed by atoms with Crippen molar-refractivity contribution in [2.75, 3.05) is 55.4 Å². The lowest BCUT2D eigenvalue weighted by Gasteiger charge is -2.34. The van der Waals surface area contributed by atoms with Crippen molar-refractivity contribution >= 4 is 56.4 Å². The number of imide groups is 1. The molecule has 5 aromatic rings. The zero-order valence-electron chi connectivity index (χ0n) is 33.2. The third kappa shape index (κ3) is 8.00. The van der Waals surface area contributed by atoms with Crippen molar-refractivity contribution in [3.63, 3.8) is 0 Å². The summed E-state index contributed by atoms with van der Waals surface area (Å²) in [4.78, 5) is 73.2. The van der Waals surface area contributed by atoms with E-state index in [1.54, 1.807) is 29.6 Å². The number of rotatable bonds is 12. The van der Waals surface area contributed by atoms with Crippen molar-refractivity contribution in [2.24, 2.45) is 0 Å². The lowest BCUT2D eigenvalue weighted by Crippen LogP contribution is -2.52. The second kappa shape index (κ2) is 16.6. The Morgan fingerprint density at radius 3 is 2.44 bits per heavy atom. The summed E-state index contributed by atoms with van der Waals surface area (Å²) in [5.41, 5.74) is 2.33. The molecule has 2 atom stereocenters. The van der Waals surface area contributed by atoms with E-state index >= 15 is 8.78 Å². The second-order valence-corrected chi connectivity index (χ2v) is 17.6. The van der Waals surface area contributed by atoms with Gasteiger partial charge in [-0.3, -0.25) is 34.1 Å². The fourth-order valence-electron chi connectivity index (χ4n) is 8.53. The molecule has 3 N–H and O–H groups in total. The van der Waals surface area contributed by atoms with Gasteiger partial charge in [0.2, 0.25) is 23.5 Å². The van der Waals surface area contributed by atoms with Crippen LogP contribution >= 0.6 is 0 Å². The largest absolute Gasteiger partial charge is 0.345 e. The zero-order valence-corrected chi connectivity index (χ0v) is 34.1. The molecule has 2 aromatic carbocycles. The van der Waals surface area contributed by atoms with Crippen LogP contribution in [-0.4, -0.2) is 124 Å². The standard InChI is InChI=1S/C42H41F3N10O6S/c43-28-9-11-54(23-28)62(60,61)51-33-6-5-32(44)36(37(33)45)38(57)31-21-47-39-30(31)17-25(18-46-39)27-19-48-42(49-20-27)53-14-12-52(13-15-53)10-1-2-24-3-4-29-26(16-24)22-55(41(29)59)34-7-8-35(56)50-40(34)58/h3-6,16-21,28,34,51H,1-2,7-15,22-23H2,(H,46,47)(H,50,56,58)/t28-,34?/m1/s1. The van der Waals surface area contributed by atoms with Gasteiger partial charge in [0.05, 0.1) is 11.3 Å². The summed E-state index contributed by atoms with van der Waals surface area (Å²) in [5, 5.41) is 2.61. The minimum absolute atomic E-state index is 0.00644. The van der Waals surface area contributed by atoms with Crippen LogP contribution in [0.15, 0.2) is 61.2 Å². The first kappa shape index (κ1) is 41.1. The van der Waals surface area contributed by atoms with Crippen LogP contribution in [0.3, 0.4) is 0 Å². The van der Waals surface area contributed by atoms with E-state index in [2.05, 4.69) is 35.1 Å². The number of pyridine rings is 1. The number of hydrogen-bond donors (Lipinski definition) is 3. The maximum absolute atomic E-state index is 15.7. The zero-order chi connectivity index (χ0) is 43.3. The average molecular weight is 871 g/mol. The van der Waals surface area contributed by atoms with Gasteiger partial charge in [0.25, 0.3) is 5.91 Å². The molecule has 1 unspecified atom stereocenters. The Labute approximate surface area is 353 Å². The van der Waals surface area contributed by atoms with E-state index in [1.807, 2.05) is 22.9 Å². The van der Waals surface area contributed by atoms with Crippen LogP contribution in [0.25, 0.3) is 22.2 Å². The molecule has 3 saturated heterocycles. The number of anilines is 2. The molecule has 0 spiro atoms. The smallest absolute Gasteiger partial charge is 0.301 e. The van der Waals surface area contributed by atoms with E-state index in [0.29, 0.717) is 48.7 Å². The summed E-state index contributed by atoms with van der Waals surface area (Å²) in [6.45, 7) is 3.78. The molecule has 3 fully saturated rings. The van der Waals surface area contributed by atoms with Gasteiger partial charge in [-0.15, -0.1) is 0 Å². The third-order valence-electron chi connectivity index (χ3n) is 11.9. The van der Waals surface area contributed by atoms with E-state index in [1.165, 1.54) is 6.20 Å². The Hall–Kier alpha value is -6.25. The minimum Gasteiger partial charge on any atom is -0.345 e. The summed E-state index contributed by atoms with van der Waals surface area (Å²) >= 11 is 0. The average Bonchev–Trinajstić information content (AvgIpc) is 3.99. The molecule has 4 aliphatic heterocycles. The van der Waals surface area contributed by atoms with Crippen LogP contribution in [0.4, 0.5) is 24.8 Å². The molecule has 16 nitrogen and oxygen atoms in total. The monoisotopic (exact) mass is 870 g/mol. The molecule has 62 heavy (non-hydrogen) atoms. The Morgan fingerprint density at radius 2 is 1.69 bits per heavy atom. The number of hydrogen-bond acceptors (Lipinski definition) is 11. The molecule has 9 rings (SSSR count). The highest BCUT2D eigenvalue weighted by atomic mass is 32.2. The number of aromatic amines is 1. The van der Waals surface area contributed by atoms with Crippen molar-refractivity contribution in [1.29, 1.82) is 0 Å². The van der Waals surface area contributed by atoms with Gasteiger partial charge in [-0.05, 0) is 67.6 Å². The predicted octanol–water partition coefficient (Wildman–Crippen LogP) is 3.75. The lowest BCUT2D eigenvalue weighted by atomic mass is 10.0. The van der Waals surface area contributed by atoms with Gasteiger partial charge in [-0.1, -0.05) is 12.1 Å². The number of nitrogens with one attached hydrogen (secondary N) is 3. The Kier molecular flexibility index (Phi) is 11.0. The lowest BCUT2D eigenvalue weighted by molar-refractivity contribution is -0.136. The van der Waals surface area contributed by atoms with Crippen molar-refractivity contribution in [1.82, 2.24) is 39.4 Å². The van der Waals surface area contributed by atoms with Crippen LogP contribution in [0, 0.1) is 11.6 Å². The predicted molar refractivity (Wildman–Crippen MR) is 220 cm³/mol. The maximum Gasteiger partial charge on any atom is 0.301 e. The number of aromatic nitrogens is 4. The molecule has 0 saturated carbocycles. The van der Waals surface area contributed by atoms with Gasteiger partial charge in [0, 0.05) is 105 Å². The Bertz CT molecular complexity index is 2730. The number of piperidine rings is 1. The summed E-state index contributed by atoms with van der Waals surface area (Å²) < 4.78 is 72.9. The SMILES string of the molecule is O=C1CCC(N2Cc3cc(CCCN4CCN(c5ncc(-c6cnc7[nH]cc(C(=O)c8c(F)ccc(NS(=O)(=O)N9CC[C@@H](F)C9)c8F)c7c6)cn5)CC4)ccc3C2=O)C(=O)N1. The third-order valence-corrected chi connectivity index (χ3v) is 13.4. The molecule has 322 valence electrons. The normalized spacial score (nSPS) is 20.0. The first-order chi connectivity index (χ1) is 29.8. The van der Waals surface area contributed by atoms with Gasteiger partial charge in [-0.25, -0.2) is 28.1 Å². The van der Waals surface area contributed by atoms with E-state index in [0.717, 1.165) is 60.0 Å². The van der Waals surface area contributed by atoms with Crippen molar-refractivity contribution in [2.45, 2.75) is 50.9 Å². The van der Waals surface area contributed by atoms with Gasteiger partial charge in [0.1, 0.15) is 23.7 Å². The van der Waals surface area contributed by atoms with Crippen LogP contribution in [0.1, 0.15) is 63.1 Å². The van der Waals surface area contributed by atoms with Crippen molar-refractivity contribution < 1.29 is 40.8 Å². The van der Waals surface area contributed by atoms with E-state index < -0.39 is 63.5 Å². The van der Waals surface area contributed by atoms with Crippen LogP contribution in [0.2, 0.25) is 0 Å². The molecular formula is C42H41F3N10O6S. The molecule has 20 heteroatoms. The van der Waals surface area contributed by atoms with Gasteiger partial charge >= 0.3 is 10.2 Å². The Morgan fingerprint density at radius 1 is 0.919 bits per heavy atom. The number of aryl methyl sites for hydroxylation is 1. The molecule has 3 aromatic heterocycles. The summed E-state index contributed by atoms with van der Waals surface area (Å²) in [6, 6.07) is 8.50. The Balaban J connectivity index is 0.799. The van der Waals surface area contributed by atoms with Gasteiger partial charge in [-0.2, -0.15) is 12.7 Å². The quantitative estimate of drug-likeness (QED) is 0.122. The molecule has 0 bridgehead atoms. The van der Waals surface area contributed by atoms with Crippen LogP contribution in [0.5, 0.6) is 0 Å². The highest BCUT2D eigenvalue weighted by Crippen LogP contribution is 2.32. The first-order valence-electron chi connectivity index (χ1n) is 20.3. The number of benzene rings is 2. The number of nitrogens with zero attached hydrogens (tertiary/aromatic N) is 7. The number of H-pyrrole nitrogens is 1. The number of ketones is 1. The topological polar surface area (TPSA) is 194 Å². The van der Waals surface area contributed by atoms with Gasteiger partial charge in [0.15, 0.2) is 5.82 Å². The van der Waals surface area contributed by atoms with Crippen molar-refractivity contribution in [3.05, 3.63) is 101 Å². The minimum atomic E-state index is -4.37. The van der Waals surface area contributed by atoms with E-state index in [4.69, 9.17) is 0 Å². The first-order valence-corrected chi connectivity index (χ1v) is 21.7. The van der Waals surface area contributed by atoms with Crippen LogP contribution in [-0.2, 0) is 32.8 Å². The highest BCUT2D eigenvalue weighted by Gasteiger charge is 2.39. The maximum atomic E-state index is 15.7. The fraction of sp³-hybridized carbons (Fsp3) is 0.357. The number of alkyl halides is 1. The fourth-order valence-corrected chi connectivity index (χ4v) is 9.80. The summed E-state index contributed by atoms with van der Waals surface area (Å²) in [6.07, 6.45) is 7.04. The molecule has 7 heterocycles. The summed E-state index contributed by atoms with van der Waals surface area (Å²) in [5.74, 6) is -4.01. The molecule has 0 aliphatic carbocycles. The molecular weight excluding hydrogens is 830 g/mol. The number of carbonyl (C=O) groups excluding carboxylic acids is 4. The molecule has 3 amide bonds. The molecule has 4 aliphatic rings. The number of carbonyl (C=O) groups is 4. The highest BCUT2D eigenvalue weighted by molar-refractivity contribution is 7.90. The van der Waals surface area contributed by atoms with Crippen LogP contribution < -0.4 is 14.9 Å². The molecule has 0 radical (unpaired) electrons. The number of amides is 3. The van der Waals surface area contributed by atoms with E-state index in [9.17, 15) is 32.0 Å². The van der Waals surface area contributed by atoms with E-state index in [-0.39, 0.29) is 47.8 Å².